The van der Waals surface area contributed by atoms with Crippen molar-refractivity contribution >= 4 is 75.4 Å². The smallest absolute Gasteiger partial charge is 0.0273 e. The lowest BCUT2D eigenvalue weighted by atomic mass is 9.83. The molecule has 82 heavy (non-hydrogen) atoms. The third-order valence-corrected chi connectivity index (χ3v) is 16.6. The Morgan fingerprint density at radius 1 is 0.159 bits per heavy atom. The van der Waals surface area contributed by atoms with E-state index in [1.807, 2.05) is 12.4 Å². The predicted molar refractivity (Wildman–Crippen MR) is 351 cm³/mol. The molecule has 0 amide bonds. The fourth-order valence-corrected chi connectivity index (χ4v) is 12.8. The molecule has 15 aromatic carbocycles. The summed E-state index contributed by atoms with van der Waals surface area (Å²) in [7, 11) is 0. The molecule has 0 saturated heterocycles. The van der Waals surface area contributed by atoms with Gasteiger partial charge in [0, 0.05) is 12.4 Å². The van der Waals surface area contributed by atoms with Gasteiger partial charge in [-0.1, -0.05) is 273 Å². The molecule has 0 aliphatic rings. The summed E-state index contributed by atoms with van der Waals surface area (Å²) in [6.07, 6.45) is 3.70. The summed E-state index contributed by atoms with van der Waals surface area (Å²) in [5.74, 6) is 0. The lowest BCUT2D eigenvalue weighted by Crippen LogP contribution is -1.92. The Bertz CT molecular complexity index is 4970. The Labute approximate surface area is 477 Å². The van der Waals surface area contributed by atoms with Crippen molar-refractivity contribution in [1.29, 1.82) is 0 Å². The second-order valence-corrected chi connectivity index (χ2v) is 21.3. The first kappa shape index (κ1) is 48.4. The number of aromatic nitrogens is 1. The molecule has 1 aromatic heterocycles. The standard InChI is InChI=1S/C41H27N.C40H26/c1-2-11-29(12-3-1)40-35-17-6-8-19-37(35)41(38-20-9-7-18-36(38)40)39-22-21-32(33-15-4-5-16-34(33)39)31-14-10-13-30(27-31)28-23-25-42-26-24-28;1-2-11-28(12-3-1)39-35-14-6-8-16-37(35)40(38-17-9-7-15-36(38)39)34-23-22-32-25-31(20-21-33(32)26-34)30-19-18-27-10-4-5-13-29(27)24-30/h1-27H;1-26H. The van der Waals surface area contributed by atoms with E-state index in [1.165, 1.54) is 153 Å². The van der Waals surface area contributed by atoms with E-state index in [0.717, 1.165) is 0 Å². The summed E-state index contributed by atoms with van der Waals surface area (Å²) in [4.78, 5) is 4.20. The van der Waals surface area contributed by atoms with Crippen molar-refractivity contribution in [2.24, 2.45) is 0 Å². The van der Waals surface area contributed by atoms with E-state index < -0.39 is 0 Å². The zero-order valence-electron chi connectivity index (χ0n) is 45.0. The summed E-state index contributed by atoms with van der Waals surface area (Å²) in [6.45, 7) is 0. The number of pyridine rings is 1. The van der Waals surface area contributed by atoms with Crippen LogP contribution in [0.5, 0.6) is 0 Å². The highest BCUT2D eigenvalue weighted by Gasteiger charge is 2.20. The topological polar surface area (TPSA) is 12.9 Å². The van der Waals surface area contributed by atoms with E-state index in [-0.39, 0.29) is 0 Å². The largest absolute Gasteiger partial charge is 0.265 e. The van der Waals surface area contributed by atoms with Crippen LogP contribution in [0.2, 0.25) is 0 Å². The van der Waals surface area contributed by atoms with Crippen LogP contribution < -0.4 is 0 Å². The van der Waals surface area contributed by atoms with E-state index in [2.05, 4.69) is 314 Å². The average molecular weight is 1040 g/mol. The van der Waals surface area contributed by atoms with E-state index in [9.17, 15) is 0 Å². The van der Waals surface area contributed by atoms with Gasteiger partial charge >= 0.3 is 0 Å². The number of hydrogen-bond donors (Lipinski definition) is 0. The Hall–Kier alpha value is -10.7. The van der Waals surface area contributed by atoms with Crippen LogP contribution in [0.3, 0.4) is 0 Å². The highest BCUT2D eigenvalue weighted by atomic mass is 14.6. The van der Waals surface area contributed by atoms with Gasteiger partial charge in [0.15, 0.2) is 0 Å². The molecule has 0 aliphatic heterocycles. The molecule has 0 radical (unpaired) electrons. The minimum Gasteiger partial charge on any atom is -0.265 e. The number of hydrogen-bond acceptors (Lipinski definition) is 1. The Morgan fingerprint density at radius 3 is 1.00 bits per heavy atom. The van der Waals surface area contributed by atoms with E-state index >= 15 is 0 Å². The van der Waals surface area contributed by atoms with Crippen molar-refractivity contribution < 1.29 is 0 Å². The molecule has 382 valence electrons. The molecule has 16 rings (SSSR count). The predicted octanol–water partition coefficient (Wildman–Crippen LogP) is 22.5. The minimum atomic E-state index is 1.17. The van der Waals surface area contributed by atoms with Gasteiger partial charge in [-0.3, -0.25) is 4.98 Å². The first-order chi connectivity index (χ1) is 40.7. The van der Waals surface area contributed by atoms with Crippen LogP contribution in [0.4, 0.5) is 0 Å². The molecular weight excluding hydrogens is 987 g/mol. The monoisotopic (exact) mass is 1040 g/mol. The summed E-state index contributed by atoms with van der Waals surface area (Å²) in [5, 5.41) is 17.8. The van der Waals surface area contributed by atoms with Crippen molar-refractivity contribution in [3.05, 3.63) is 322 Å². The molecule has 1 nitrogen and oxygen atoms in total. The zero-order chi connectivity index (χ0) is 54.3. The molecule has 0 saturated carbocycles. The van der Waals surface area contributed by atoms with Gasteiger partial charge in [-0.05, 0) is 190 Å². The van der Waals surface area contributed by atoms with Crippen molar-refractivity contribution in [1.82, 2.24) is 4.98 Å². The van der Waals surface area contributed by atoms with Crippen LogP contribution in [-0.4, -0.2) is 4.98 Å². The van der Waals surface area contributed by atoms with Gasteiger partial charge in [0.25, 0.3) is 0 Å². The summed E-state index contributed by atoms with van der Waals surface area (Å²) >= 11 is 0. The van der Waals surface area contributed by atoms with Crippen molar-refractivity contribution in [3.63, 3.8) is 0 Å². The summed E-state index contributed by atoms with van der Waals surface area (Å²) in [5.41, 5.74) is 17.5. The molecule has 0 atom stereocenters. The van der Waals surface area contributed by atoms with E-state index in [0.29, 0.717) is 0 Å². The summed E-state index contributed by atoms with van der Waals surface area (Å²) in [6, 6.07) is 113. The SMILES string of the molecule is c1ccc(-c2c3ccccc3c(-c3ccc(-c4cccc(-c5ccncc5)c4)c4ccccc34)c3ccccc23)cc1.c1ccc(-c2c3ccccc3c(-c3ccc4cc(-c5ccc6ccccc6c5)ccc4c3)c3ccccc23)cc1. The number of benzene rings is 15. The fourth-order valence-electron chi connectivity index (χ4n) is 12.8. The second-order valence-electron chi connectivity index (χ2n) is 21.3. The van der Waals surface area contributed by atoms with Crippen LogP contribution >= 0.6 is 0 Å². The molecule has 1 heteroatoms. The van der Waals surface area contributed by atoms with Gasteiger partial charge in [0.2, 0.25) is 0 Å². The molecule has 0 N–H and O–H groups in total. The van der Waals surface area contributed by atoms with Gasteiger partial charge < -0.3 is 0 Å². The Balaban J connectivity index is 0.000000141. The van der Waals surface area contributed by atoms with Gasteiger partial charge in [0.1, 0.15) is 0 Å². The summed E-state index contributed by atoms with van der Waals surface area (Å²) < 4.78 is 0. The molecule has 0 spiro atoms. The maximum atomic E-state index is 4.20. The Morgan fingerprint density at radius 2 is 0.488 bits per heavy atom. The molecule has 16 aromatic rings. The molecule has 0 aliphatic carbocycles. The van der Waals surface area contributed by atoms with Crippen LogP contribution in [0.25, 0.3) is 153 Å². The van der Waals surface area contributed by atoms with Gasteiger partial charge in [-0.15, -0.1) is 0 Å². The van der Waals surface area contributed by atoms with Crippen molar-refractivity contribution in [2.75, 3.05) is 0 Å². The van der Waals surface area contributed by atoms with E-state index in [1.54, 1.807) is 0 Å². The highest BCUT2D eigenvalue weighted by Crippen LogP contribution is 2.48. The second kappa shape index (κ2) is 20.8. The van der Waals surface area contributed by atoms with Gasteiger partial charge in [-0.2, -0.15) is 0 Å². The lowest BCUT2D eigenvalue weighted by Gasteiger charge is -2.19. The molecule has 0 bridgehead atoms. The normalized spacial score (nSPS) is 11.4. The van der Waals surface area contributed by atoms with Gasteiger partial charge in [0.05, 0.1) is 0 Å². The number of fused-ring (bicyclic) bond motifs is 7. The van der Waals surface area contributed by atoms with E-state index in [4.69, 9.17) is 0 Å². The zero-order valence-corrected chi connectivity index (χ0v) is 45.0. The number of nitrogens with zero attached hydrogens (tertiary/aromatic N) is 1. The molecular formula is C81H53N. The first-order valence-electron chi connectivity index (χ1n) is 28.2. The fraction of sp³-hybridized carbons (Fsp3) is 0. The molecule has 1 heterocycles. The average Bonchev–Trinajstić information content (AvgIpc) is 3.63. The molecule has 0 fully saturated rings. The Kier molecular flexibility index (Phi) is 12.3. The third kappa shape index (κ3) is 8.64. The maximum absolute atomic E-state index is 4.20. The van der Waals surface area contributed by atoms with Crippen LogP contribution in [-0.2, 0) is 0 Å². The number of rotatable bonds is 7. The van der Waals surface area contributed by atoms with Crippen LogP contribution in [0.15, 0.2) is 322 Å². The maximum Gasteiger partial charge on any atom is 0.0273 e. The van der Waals surface area contributed by atoms with Gasteiger partial charge in [-0.25, -0.2) is 0 Å². The minimum absolute atomic E-state index is 1.17. The third-order valence-electron chi connectivity index (χ3n) is 16.6. The van der Waals surface area contributed by atoms with Crippen molar-refractivity contribution in [2.45, 2.75) is 0 Å². The molecule has 0 unspecified atom stereocenters. The van der Waals surface area contributed by atoms with Crippen molar-refractivity contribution in [3.8, 4) is 77.9 Å². The van der Waals surface area contributed by atoms with Crippen LogP contribution in [0.1, 0.15) is 0 Å². The quantitative estimate of drug-likeness (QED) is 0.145. The lowest BCUT2D eigenvalue weighted by molar-refractivity contribution is 1.33. The first-order valence-corrected chi connectivity index (χ1v) is 28.2. The highest BCUT2D eigenvalue weighted by molar-refractivity contribution is 6.25. The van der Waals surface area contributed by atoms with Crippen LogP contribution in [0, 0.1) is 0 Å².